The minimum atomic E-state index is -1.56. The van der Waals surface area contributed by atoms with Crippen molar-refractivity contribution < 1.29 is 27.1 Å². The van der Waals surface area contributed by atoms with Crippen LogP contribution in [0.25, 0.3) is 0 Å². The van der Waals surface area contributed by atoms with E-state index >= 15 is 0 Å². The van der Waals surface area contributed by atoms with Gasteiger partial charge in [-0.15, -0.1) is 0 Å². The van der Waals surface area contributed by atoms with E-state index in [4.69, 9.17) is 4.74 Å². The van der Waals surface area contributed by atoms with Gasteiger partial charge >= 0.3 is 0 Å². The number of ether oxygens (including phenoxy) is 1. The molecular formula is C21H14F4O2. The van der Waals surface area contributed by atoms with Crippen LogP contribution in [0.15, 0.2) is 60.7 Å². The van der Waals surface area contributed by atoms with Gasteiger partial charge in [-0.25, -0.2) is 17.6 Å². The summed E-state index contributed by atoms with van der Waals surface area (Å²) in [4.78, 5) is 12.2. The number of hydrogen-bond donors (Lipinski definition) is 0. The highest BCUT2D eigenvalue weighted by Crippen LogP contribution is 2.22. The Balaban J connectivity index is 1.70. The van der Waals surface area contributed by atoms with Gasteiger partial charge in [0.1, 0.15) is 12.4 Å². The van der Waals surface area contributed by atoms with Crippen LogP contribution in [0.3, 0.4) is 0 Å². The van der Waals surface area contributed by atoms with E-state index in [1.807, 2.05) is 30.3 Å². The molecule has 0 atom stereocenters. The van der Waals surface area contributed by atoms with E-state index in [1.165, 1.54) is 24.3 Å². The minimum Gasteiger partial charge on any atom is -0.489 e. The van der Waals surface area contributed by atoms with Crippen molar-refractivity contribution in [2.24, 2.45) is 0 Å². The molecule has 0 bridgehead atoms. The number of ketones is 1. The molecule has 0 saturated heterocycles. The van der Waals surface area contributed by atoms with Crippen LogP contribution in [0.1, 0.15) is 21.5 Å². The monoisotopic (exact) mass is 374 g/mol. The second-order valence-electron chi connectivity index (χ2n) is 5.85. The van der Waals surface area contributed by atoms with Crippen LogP contribution in [-0.2, 0) is 13.0 Å². The molecule has 0 amide bonds. The fourth-order valence-corrected chi connectivity index (χ4v) is 2.52. The molecule has 0 heterocycles. The van der Waals surface area contributed by atoms with Gasteiger partial charge in [-0.05, 0) is 29.8 Å². The second-order valence-corrected chi connectivity index (χ2v) is 5.85. The molecule has 0 radical (unpaired) electrons. The summed E-state index contributed by atoms with van der Waals surface area (Å²) in [5, 5.41) is 0. The summed E-state index contributed by atoms with van der Waals surface area (Å²) in [7, 11) is 0. The number of benzene rings is 3. The average molecular weight is 374 g/mol. The number of hydrogen-bond acceptors (Lipinski definition) is 2. The predicted molar refractivity (Wildman–Crippen MR) is 91.5 cm³/mol. The fourth-order valence-electron chi connectivity index (χ4n) is 2.52. The van der Waals surface area contributed by atoms with Crippen LogP contribution in [0.2, 0.25) is 0 Å². The first-order valence-electron chi connectivity index (χ1n) is 8.07. The molecule has 0 saturated carbocycles. The quantitative estimate of drug-likeness (QED) is 0.335. The van der Waals surface area contributed by atoms with Crippen LogP contribution < -0.4 is 4.74 Å². The molecule has 0 spiro atoms. The predicted octanol–water partition coefficient (Wildman–Crippen LogP) is 5.25. The molecule has 138 valence electrons. The molecule has 6 heteroatoms. The van der Waals surface area contributed by atoms with Crippen molar-refractivity contribution in [3.63, 3.8) is 0 Å². The molecule has 0 aliphatic carbocycles. The highest BCUT2D eigenvalue weighted by molar-refractivity contribution is 5.97. The van der Waals surface area contributed by atoms with E-state index < -0.39 is 41.0 Å². The maximum Gasteiger partial charge on any atom is 0.167 e. The third-order valence-corrected chi connectivity index (χ3v) is 3.96. The Labute approximate surface area is 153 Å². The Bertz CT molecular complexity index is 928. The zero-order valence-electron chi connectivity index (χ0n) is 14.0. The summed E-state index contributed by atoms with van der Waals surface area (Å²) in [6, 6.07) is 15.5. The first-order chi connectivity index (χ1) is 13.0. The molecule has 0 unspecified atom stereocenters. The number of Topliss-reactive ketones (excluding diaryl/α,β-unsaturated/α-hetero) is 1. The summed E-state index contributed by atoms with van der Waals surface area (Å²) in [6.07, 6.45) is -0.795. The maximum absolute atomic E-state index is 13.7. The standard InChI is InChI=1S/C21H14F4O2/c22-17-11-18(23)21(25)16(20(17)24)10-19(26)14-6-8-15(9-7-14)27-12-13-4-2-1-3-5-13/h1-9,11H,10,12H2. The summed E-state index contributed by atoms with van der Waals surface area (Å²) in [5.74, 6) is -6.38. The third-order valence-electron chi connectivity index (χ3n) is 3.96. The topological polar surface area (TPSA) is 26.3 Å². The largest absolute Gasteiger partial charge is 0.489 e. The van der Waals surface area contributed by atoms with Gasteiger partial charge in [-0.3, -0.25) is 4.79 Å². The van der Waals surface area contributed by atoms with Crippen LogP contribution in [0.5, 0.6) is 5.75 Å². The van der Waals surface area contributed by atoms with Crippen molar-refractivity contribution in [2.75, 3.05) is 0 Å². The molecule has 3 aromatic rings. The zero-order valence-corrected chi connectivity index (χ0v) is 14.0. The van der Waals surface area contributed by atoms with Gasteiger partial charge in [-0.1, -0.05) is 30.3 Å². The molecule has 3 aromatic carbocycles. The molecule has 0 aromatic heterocycles. The number of carbonyl (C=O) groups is 1. The normalized spacial score (nSPS) is 10.7. The second kappa shape index (κ2) is 8.03. The van der Waals surface area contributed by atoms with Crippen LogP contribution in [-0.4, -0.2) is 5.78 Å². The summed E-state index contributed by atoms with van der Waals surface area (Å²) < 4.78 is 59.4. The lowest BCUT2D eigenvalue weighted by Gasteiger charge is -2.08. The first-order valence-corrected chi connectivity index (χ1v) is 8.07. The van der Waals surface area contributed by atoms with Crippen molar-refractivity contribution in [2.45, 2.75) is 13.0 Å². The Morgan fingerprint density at radius 3 is 2.00 bits per heavy atom. The number of rotatable bonds is 6. The first kappa shape index (κ1) is 18.6. The molecule has 0 fully saturated rings. The van der Waals surface area contributed by atoms with Crippen molar-refractivity contribution in [1.29, 1.82) is 0 Å². The lowest BCUT2D eigenvalue weighted by molar-refractivity contribution is 0.0990. The molecule has 3 rings (SSSR count). The highest BCUT2D eigenvalue weighted by Gasteiger charge is 2.21. The zero-order chi connectivity index (χ0) is 19.4. The van der Waals surface area contributed by atoms with E-state index in [2.05, 4.69) is 0 Å². The Morgan fingerprint density at radius 1 is 0.815 bits per heavy atom. The van der Waals surface area contributed by atoms with Gasteiger partial charge < -0.3 is 4.74 Å². The van der Waals surface area contributed by atoms with Crippen molar-refractivity contribution >= 4 is 5.78 Å². The van der Waals surface area contributed by atoms with E-state index in [1.54, 1.807) is 0 Å². The van der Waals surface area contributed by atoms with Crippen molar-refractivity contribution in [3.8, 4) is 5.75 Å². The van der Waals surface area contributed by atoms with Crippen molar-refractivity contribution in [3.05, 3.63) is 101 Å². The molecule has 0 aliphatic rings. The molecule has 0 aliphatic heterocycles. The smallest absolute Gasteiger partial charge is 0.167 e. The highest BCUT2D eigenvalue weighted by atomic mass is 19.2. The Morgan fingerprint density at radius 2 is 1.41 bits per heavy atom. The molecular weight excluding hydrogens is 360 g/mol. The van der Waals surface area contributed by atoms with E-state index in [0.717, 1.165) is 5.56 Å². The maximum atomic E-state index is 13.7. The fraction of sp³-hybridized carbons (Fsp3) is 0.0952. The number of halogens is 4. The summed E-state index contributed by atoms with van der Waals surface area (Å²) >= 11 is 0. The number of carbonyl (C=O) groups excluding carboxylic acids is 1. The van der Waals surface area contributed by atoms with Gasteiger partial charge in [0, 0.05) is 23.6 Å². The van der Waals surface area contributed by atoms with Crippen LogP contribution >= 0.6 is 0 Å². The lowest BCUT2D eigenvalue weighted by Crippen LogP contribution is -2.10. The van der Waals surface area contributed by atoms with E-state index in [9.17, 15) is 22.4 Å². The lowest BCUT2D eigenvalue weighted by atomic mass is 10.0. The van der Waals surface area contributed by atoms with Gasteiger partial charge in [0.2, 0.25) is 0 Å². The molecule has 2 nitrogen and oxygen atoms in total. The minimum absolute atomic E-state index is 0.109. The SMILES string of the molecule is O=C(Cc1c(F)c(F)cc(F)c1F)c1ccc(OCc2ccccc2)cc1. The van der Waals surface area contributed by atoms with Crippen LogP contribution in [0.4, 0.5) is 17.6 Å². The van der Waals surface area contributed by atoms with Gasteiger partial charge in [-0.2, -0.15) is 0 Å². The van der Waals surface area contributed by atoms with E-state index in [-0.39, 0.29) is 11.6 Å². The molecule has 0 N–H and O–H groups in total. The van der Waals surface area contributed by atoms with Gasteiger partial charge in [0.15, 0.2) is 29.1 Å². The summed E-state index contributed by atoms with van der Waals surface area (Å²) in [5.41, 5.74) is 0.184. The average Bonchev–Trinajstić information content (AvgIpc) is 2.69. The Kier molecular flexibility index (Phi) is 5.54. The van der Waals surface area contributed by atoms with Gasteiger partial charge in [0.25, 0.3) is 0 Å². The van der Waals surface area contributed by atoms with Crippen LogP contribution in [0, 0.1) is 23.3 Å². The Hall–Kier alpha value is -3.15. The van der Waals surface area contributed by atoms with Gasteiger partial charge in [0.05, 0.1) is 0 Å². The third kappa shape index (κ3) is 4.34. The van der Waals surface area contributed by atoms with Crippen molar-refractivity contribution in [1.82, 2.24) is 0 Å². The molecule has 27 heavy (non-hydrogen) atoms. The summed E-state index contributed by atoms with van der Waals surface area (Å²) in [6.45, 7) is 0.340. The van der Waals surface area contributed by atoms with E-state index in [0.29, 0.717) is 12.4 Å².